The normalized spacial score (nSPS) is 17.7. The summed E-state index contributed by atoms with van der Waals surface area (Å²) in [6.45, 7) is 10.4. The molecular formula is C13H26N4O2. The lowest BCUT2D eigenvalue weighted by Crippen LogP contribution is -2.57. The maximum atomic E-state index is 12.0. The van der Waals surface area contributed by atoms with Gasteiger partial charge in [-0.25, -0.2) is 0 Å². The van der Waals surface area contributed by atoms with E-state index in [4.69, 9.17) is 5.73 Å². The lowest BCUT2D eigenvalue weighted by Gasteiger charge is -2.37. The van der Waals surface area contributed by atoms with Crippen molar-refractivity contribution >= 4 is 11.8 Å². The Kier molecular flexibility index (Phi) is 5.31. The Morgan fingerprint density at radius 2 is 1.74 bits per heavy atom. The molecule has 0 aliphatic carbocycles. The Balaban J connectivity index is 2.37. The zero-order chi connectivity index (χ0) is 14.6. The van der Waals surface area contributed by atoms with E-state index in [-0.39, 0.29) is 17.9 Å². The molecule has 0 atom stereocenters. The van der Waals surface area contributed by atoms with Gasteiger partial charge < -0.3 is 16.0 Å². The smallest absolute Gasteiger partial charge is 0.242 e. The van der Waals surface area contributed by atoms with Gasteiger partial charge in [0, 0.05) is 32.2 Å². The van der Waals surface area contributed by atoms with Gasteiger partial charge >= 0.3 is 0 Å². The summed E-state index contributed by atoms with van der Waals surface area (Å²) >= 11 is 0. The van der Waals surface area contributed by atoms with Crippen LogP contribution in [-0.2, 0) is 9.59 Å². The van der Waals surface area contributed by atoms with E-state index in [0.29, 0.717) is 32.7 Å². The average molecular weight is 270 g/mol. The van der Waals surface area contributed by atoms with Crippen molar-refractivity contribution in [3.63, 3.8) is 0 Å². The molecule has 1 aliphatic rings. The molecule has 1 rings (SSSR count). The third-order valence-electron chi connectivity index (χ3n) is 3.03. The molecule has 1 saturated heterocycles. The number of rotatable bonds is 4. The van der Waals surface area contributed by atoms with E-state index in [1.54, 1.807) is 18.7 Å². The van der Waals surface area contributed by atoms with Crippen molar-refractivity contribution < 1.29 is 9.59 Å². The van der Waals surface area contributed by atoms with E-state index in [1.807, 2.05) is 13.8 Å². The van der Waals surface area contributed by atoms with Gasteiger partial charge in [0.2, 0.25) is 11.8 Å². The molecule has 0 spiro atoms. The summed E-state index contributed by atoms with van der Waals surface area (Å²) < 4.78 is 0. The molecule has 0 unspecified atom stereocenters. The van der Waals surface area contributed by atoms with Crippen LogP contribution < -0.4 is 11.1 Å². The second-order valence-corrected chi connectivity index (χ2v) is 6.01. The molecule has 0 aromatic carbocycles. The van der Waals surface area contributed by atoms with E-state index in [1.165, 1.54) is 0 Å². The van der Waals surface area contributed by atoms with Crippen LogP contribution in [0.4, 0.5) is 0 Å². The van der Waals surface area contributed by atoms with Gasteiger partial charge in [-0.1, -0.05) is 0 Å². The highest BCUT2D eigenvalue weighted by atomic mass is 16.2. The van der Waals surface area contributed by atoms with E-state index >= 15 is 0 Å². The molecule has 0 aromatic heterocycles. The highest BCUT2D eigenvalue weighted by Crippen LogP contribution is 2.08. The number of carbonyl (C=O) groups is 2. The summed E-state index contributed by atoms with van der Waals surface area (Å²) in [5.74, 6) is 0.00714. The fraction of sp³-hybridized carbons (Fsp3) is 0.846. The minimum absolute atomic E-state index is 0.0289. The molecule has 19 heavy (non-hydrogen) atoms. The number of nitrogens with zero attached hydrogens (tertiary/aromatic N) is 2. The van der Waals surface area contributed by atoms with Crippen LogP contribution in [0.15, 0.2) is 0 Å². The predicted octanol–water partition coefficient (Wildman–Crippen LogP) is -0.607. The fourth-order valence-corrected chi connectivity index (χ4v) is 2.09. The maximum Gasteiger partial charge on any atom is 0.242 e. The maximum absolute atomic E-state index is 12.0. The van der Waals surface area contributed by atoms with Gasteiger partial charge in [0.1, 0.15) is 0 Å². The highest BCUT2D eigenvalue weighted by molar-refractivity contribution is 5.85. The fourth-order valence-electron chi connectivity index (χ4n) is 2.09. The van der Waals surface area contributed by atoms with Crippen LogP contribution in [0.25, 0.3) is 0 Å². The van der Waals surface area contributed by atoms with Gasteiger partial charge in [0.05, 0.1) is 12.1 Å². The molecule has 6 heteroatoms. The van der Waals surface area contributed by atoms with E-state index in [0.717, 1.165) is 0 Å². The standard InChI is InChI=1S/C13H26N4O2/c1-10(2)15-11(18)9-16-5-7-17(8-6-16)12(19)13(3,4)14/h10H,5-9,14H2,1-4H3,(H,15,18). The van der Waals surface area contributed by atoms with Gasteiger partial charge in [-0.2, -0.15) is 0 Å². The first-order chi connectivity index (χ1) is 8.70. The Bertz CT molecular complexity index is 328. The number of piperazine rings is 1. The zero-order valence-corrected chi connectivity index (χ0v) is 12.4. The van der Waals surface area contributed by atoms with Crippen molar-refractivity contribution in [2.75, 3.05) is 32.7 Å². The first-order valence-electron chi connectivity index (χ1n) is 6.80. The summed E-state index contributed by atoms with van der Waals surface area (Å²) in [6, 6.07) is 0.161. The van der Waals surface area contributed by atoms with Crippen molar-refractivity contribution in [2.45, 2.75) is 39.3 Å². The summed E-state index contributed by atoms with van der Waals surface area (Å²) in [5, 5.41) is 2.87. The molecule has 0 aromatic rings. The molecule has 0 saturated carbocycles. The summed E-state index contributed by atoms with van der Waals surface area (Å²) in [6.07, 6.45) is 0. The van der Waals surface area contributed by atoms with Gasteiger partial charge in [-0.3, -0.25) is 14.5 Å². The van der Waals surface area contributed by atoms with Crippen LogP contribution in [0, 0.1) is 0 Å². The zero-order valence-electron chi connectivity index (χ0n) is 12.4. The Labute approximate surface area is 115 Å². The molecule has 2 amide bonds. The first-order valence-corrected chi connectivity index (χ1v) is 6.80. The summed E-state index contributed by atoms with van der Waals surface area (Å²) in [7, 11) is 0. The highest BCUT2D eigenvalue weighted by Gasteiger charge is 2.30. The Hall–Kier alpha value is -1.14. The Morgan fingerprint density at radius 1 is 1.21 bits per heavy atom. The molecule has 1 aliphatic heterocycles. The quantitative estimate of drug-likeness (QED) is 0.714. The molecule has 110 valence electrons. The molecular weight excluding hydrogens is 244 g/mol. The van der Waals surface area contributed by atoms with E-state index in [9.17, 15) is 9.59 Å². The van der Waals surface area contributed by atoms with Gasteiger partial charge in [-0.05, 0) is 27.7 Å². The minimum atomic E-state index is -0.822. The van der Waals surface area contributed by atoms with Crippen LogP contribution in [0.5, 0.6) is 0 Å². The van der Waals surface area contributed by atoms with Crippen LogP contribution in [0.2, 0.25) is 0 Å². The second-order valence-electron chi connectivity index (χ2n) is 6.01. The summed E-state index contributed by atoms with van der Waals surface area (Å²) in [5.41, 5.74) is 4.99. The van der Waals surface area contributed by atoms with Crippen LogP contribution in [0.3, 0.4) is 0 Å². The topological polar surface area (TPSA) is 78.7 Å². The average Bonchev–Trinajstić information content (AvgIpc) is 2.26. The molecule has 3 N–H and O–H groups in total. The molecule has 6 nitrogen and oxygen atoms in total. The molecule has 1 fully saturated rings. The van der Waals surface area contributed by atoms with Crippen LogP contribution in [-0.4, -0.2) is 65.9 Å². The third kappa shape index (κ3) is 5.16. The number of carbonyl (C=O) groups excluding carboxylic acids is 2. The van der Waals surface area contributed by atoms with Gasteiger partial charge in [-0.15, -0.1) is 0 Å². The minimum Gasteiger partial charge on any atom is -0.353 e. The summed E-state index contributed by atoms with van der Waals surface area (Å²) in [4.78, 5) is 27.5. The number of nitrogens with two attached hydrogens (primary N) is 1. The predicted molar refractivity (Wildman–Crippen MR) is 74.6 cm³/mol. The largest absolute Gasteiger partial charge is 0.353 e. The number of amides is 2. The second kappa shape index (κ2) is 6.34. The lowest BCUT2D eigenvalue weighted by atomic mass is 10.0. The van der Waals surface area contributed by atoms with E-state index < -0.39 is 5.54 Å². The molecule has 0 bridgehead atoms. The van der Waals surface area contributed by atoms with E-state index in [2.05, 4.69) is 10.2 Å². The lowest BCUT2D eigenvalue weighted by molar-refractivity contribution is -0.137. The number of hydrogen-bond acceptors (Lipinski definition) is 4. The van der Waals surface area contributed by atoms with Crippen LogP contribution in [0.1, 0.15) is 27.7 Å². The number of hydrogen-bond donors (Lipinski definition) is 2. The molecule has 1 heterocycles. The van der Waals surface area contributed by atoms with Crippen molar-refractivity contribution in [1.29, 1.82) is 0 Å². The Morgan fingerprint density at radius 3 is 2.16 bits per heavy atom. The van der Waals surface area contributed by atoms with Gasteiger partial charge in [0.15, 0.2) is 0 Å². The monoisotopic (exact) mass is 270 g/mol. The van der Waals surface area contributed by atoms with Gasteiger partial charge in [0.25, 0.3) is 0 Å². The third-order valence-corrected chi connectivity index (χ3v) is 3.03. The molecule has 0 radical (unpaired) electrons. The van der Waals surface area contributed by atoms with Crippen molar-refractivity contribution in [3.8, 4) is 0 Å². The first kappa shape index (κ1) is 15.9. The van der Waals surface area contributed by atoms with Crippen molar-refractivity contribution in [1.82, 2.24) is 15.1 Å². The van der Waals surface area contributed by atoms with Crippen molar-refractivity contribution in [2.24, 2.45) is 5.73 Å². The van der Waals surface area contributed by atoms with Crippen LogP contribution >= 0.6 is 0 Å². The SMILES string of the molecule is CC(C)NC(=O)CN1CCN(C(=O)C(C)(C)N)CC1. The number of nitrogens with one attached hydrogen (secondary N) is 1. The van der Waals surface area contributed by atoms with Crippen molar-refractivity contribution in [3.05, 3.63) is 0 Å².